The number of rotatable bonds is 7. The number of aliphatic hydroxyl groups excluding tert-OH is 1. The Labute approximate surface area is 190 Å². The van der Waals surface area contributed by atoms with E-state index in [1.54, 1.807) is 28.4 Å². The monoisotopic (exact) mass is 449 g/mol. The van der Waals surface area contributed by atoms with E-state index in [-0.39, 0.29) is 25.1 Å². The molecule has 0 spiro atoms. The van der Waals surface area contributed by atoms with Gasteiger partial charge in [0.25, 0.3) is 0 Å². The summed E-state index contributed by atoms with van der Waals surface area (Å²) in [5.41, 5.74) is 5.17. The van der Waals surface area contributed by atoms with E-state index in [0.717, 1.165) is 66.4 Å². The topological polar surface area (TPSA) is 57.2 Å². The molecule has 7 heteroatoms. The van der Waals surface area contributed by atoms with Gasteiger partial charge in [0, 0.05) is 37.0 Å². The molecule has 0 atom stereocenters. The fourth-order valence-electron chi connectivity index (χ4n) is 5.37. The third-order valence-electron chi connectivity index (χ3n) is 6.84. The molecule has 0 fully saturated rings. The van der Waals surface area contributed by atoms with E-state index in [4.69, 9.17) is 18.9 Å². The van der Waals surface area contributed by atoms with Gasteiger partial charge < -0.3 is 40.9 Å². The van der Waals surface area contributed by atoms with Crippen molar-refractivity contribution >= 4 is 0 Å². The molecule has 1 N–H and O–H groups in total. The molecule has 0 aromatic heterocycles. The maximum Gasteiger partial charge on any atom is 0.161 e. The summed E-state index contributed by atoms with van der Waals surface area (Å²) in [4.78, 5) is 0. The number of quaternary nitrogens is 1. The number of fused-ring (bicyclic) bond motifs is 5. The lowest BCUT2D eigenvalue weighted by Gasteiger charge is -2.51. The number of hydrogen-bond acceptors (Lipinski definition) is 5. The van der Waals surface area contributed by atoms with Gasteiger partial charge in [0.05, 0.1) is 48.1 Å². The van der Waals surface area contributed by atoms with Crippen molar-refractivity contribution in [3.05, 3.63) is 46.5 Å². The molecule has 0 amide bonds. The van der Waals surface area contributed by atoms with E-state index in [0.29, 0.717) is 0 Å². The molecule has 0 saturated heterocycles. The van der Waals surface area contributed by atoms with Crippen molar-refractivity contribution in [1.82, 2.24) is 0 Å². The first-order valence-electron chi connectivity index (χ1n) is 10.6. The third kappa shape index (κ3) is 3.93. The van der Waals surface area contributed by atoms with Crippen molar-refractivity contribution < 1.29 is 40.9 Å². The highest BCUT2D eigenvalue weighted by Crippen LogP contribution is 2.50. The van der Waals surface area contributed by atoms with E-state index >= 15 is 0 Å². The smallest absolute Gasteiger partial charge is 0.161 e. The molecule has 0 saturated carbocycles. The lowest BCUT2D eigenvalue weighted by atomic mass is 9.79. The van der Waals surface area contributed by atoms with Crippen LogP contribution in [0.2, 0.25) is 0 Å². The number of methoxy groups -OCH3 is 4. The van der Waals surface area contributed by atoms with Crippen molar-refractivity contribution in [1.29, 1.82) is 0 Å². The molecule has 2 heterocycles. The fraction of sp³-hybridized carbons (Fsp3) is 0.500. The van der Waals surface area contributed by atoms with Gasteiger partial charge in [-0.25, -0.2) is 0 Å². The Kier molecular flexibility index (Phi) is 7.24. The molecule has 0 bridgehead atoms. The summed E-state index contributed by atoms with van der Waals surface area (Å²) in [6.45, 7) is 3.24. The average molecular weight is 450 g/mol. The Morgan fingerprint density at radius 3 is 1.58 bits per heavy atom. The second-order valence-corrected chi connectivity index (χ2v) is 8.18. The molecule has 2 aliphatic heterocycles. The Bertz CT molecular complexity index is 865. The summed E-state index contributed by atoms with van der Waals surface area (Å²) in [7, 11) is 6.73. The van der Waals surface area contributed by atoms with Gasteiger partial charge in [0.15, 0.2) is 23.0 Å². The van der Waals surface area contributed by atoms with Crippen LogP contribution in [0.15, 0.2) is 24.3 Å². The fourth-order valence-corrected chi connectivity index (χ4v) is 5.37. The number of hydrogen-bond donors (Lipinski definition) is 1. The van der Waals surface area contributed by atoms with Gasteiger partial charge in [-0.1, -0.05) is 0 Å². The number of benzene rings is 2. The number of halogens is 1. The van der Waals surface area contributed by atoms with Gasteiger partial charge in [-0.3, -0.25) is 0 Å². The molecular weight excluding hydrogens is 418 g/mol. The lowest BCUT2D eigenvalue weighted by Crippen LogP contribution is -3.00. The zero-order valence-corrected chi connectivity index (χ0v) is 19.5. The largest absolute Gasteiger partial charge is 1.00 e. The average Bonchev–Trinajstić information content (AvgIpc) is 2.80. The van der Waals surface area contributed by atoms with Gasteiger partial charge in [0.1, 0.15) is 6.04 Å². The second-order valence-electron chi connectivity index (χ2n) is 8.18. The maximum atomic E-state index is 9.59. The minimum atomic E-state index is 0. The molecule has 2 aromatic rings. The summed E-state index contributed by atoms with van der Waals surface area (Å²) in [5, 5.41) is 9.59. The van der Waals surface area contributed by atoms with Crippen molar-refractivity contribution in [2.45, 2.75) is 25.3 Å². The number of aliphatic hydroxyl groups is 1. The first-order chi connectivity index (χ1) is 14.6. The lowest BCUT2D eigenvalue weighted by molar-refractivity contribution is -0.955. The van der Waals surface area contributed by atoms with Crippen LogP contribution in [0.4, 0.5) is 0 Å². The molecule has 170 valence electrons. The molecule has 6 nitrogen and oxygen atoms in total. The van der Waals surface area contributed by atoms with Gasteiger partial charge >= 0.3 is 0 Å². The first-order valence-corrected chi connectivity index (χ1v) is 10.6. The van der Waals surface area contributed by atoms with Crippen LogP contribution >= 0.6 is 0 Å². The SMILES string of the molecule is COc1cc2c(cc1OC)C1c3cc(OC)c(OC)cc3CC[N+]1(CCCO)CC2.[Cl-]. The Morgan fingerprint density at radius 1 is 0.774 bits per heavy atom. The minimum Gasteiger partial charge on any atom is -1.00 e. The van der Waals surface area contributed by atoms with E-state index in [9.17, 15) is 5.11 Å². The normalized spacial score (nSPS) is 21.1. The molecule has 0 unspecified atom stereocenters. The quantitative estimate of drug-likeness (QED) is 0.609. The minimum absolute atomic E-state index is 0. The van der Waals surface area contributed by atoms with Crippen LogP contribution in [0, 0.1) is 0 Å². The molecule has 2 aromatic carbocycles. The zero-order chi connectivity index (χ0) is 21.3. The highest BCUT2D eigenvalue weighted by Gasteiger charge is 2.47. The van der Waals surface area contributed by atoms with Crippen molar-refractivity contribution in [3.63, 3.8) is 0 Å². The Morgan fingerprint density at radius 2 is 1.19 bits per heavy atom. The van der Waals surface area contributed by atoms with Crippen molar-refractivity contribution in [2.24, 2.45) is 0 Å². The van der Waals surface area contributed by atoms with Crippen LogP contribution in [0.3, 0.4) is 0 Å². The Balaban J connectivity index is 0.00000272. The van der Waals surface area contributed by atoms with Crippen molar-refractivity contribution in [3.8, 4) is 23.0 Å². The summed E-state index contributed by atoms with van der Waals surface area (Å²) < 4.78 is 23.4. The molecule has 0 aliphatic carbocycles. The summed E-state index contributed by atoms with van der Waals surface area (Å²) in [5.74, 6) is 3.06. The predicted molar refractivity (Wildman–Crippen MR) is 115 cm³/mol. The van der Waals surface area contributed by atoms with E-state index < -0.39 is 0 Å². The highest BCUT2D eigenvalue weighted by atomic mass is 35.5. The predicted octanol–water partition coefficient (Wildman–Crippen LogP) is 0.126. The van der Waals surface area contributed by atoms with E-state index in [2.05, 4.69) is 24.3 Å². The molecule has 4 rings (SSSR count). The highest BCUT2D eigenvalue weighted by molar-refractivity contribution is 5.55. The number of nitrogens with zero attached hydrogens (tertiary/aromatic N) is 1. The van der Waals surface area contributed by atoms with Crippen LogP contribution in [0.1, 0.15) is 34.7 Å². The third-order valence-corrected chi connectivity index (χ3v) is 6.84. The first kappa shape index (κ1) is 23.5. The van der Waals surface area contributed by atoms with Crippen LogP contribution in [0.5, 0.6) is 23.0 Å². The van der Waals surface area contributed by atoms with Crippen LogP contribution in [0.25, 0.3) is 0 Å². The standard InChI is InChI=1S/C24H32NO5.ClH/c1-27-20-12-16-6-9-25(8-5-11-26)10-7-17-13-21(28-2)23(30-4)15-19(17)24(25)18(16)14-22(20)29-3;/h12-15,24,26H,5-11H2,1-4H3;1H/q+1;/p-1. The molecule has 0 radical (unpaired) electrons. The maximum absolute atomic E-state index is 9.59. The molecule has 31 heavy (non-hydrogen) atoms. The van der Waals surface area contributed by atoms with Crippen LogP contribution in [-0.2, 0) is 12.8 Å². The van der Waals surface area contributed by atoms with Crippen LogP contribution < -0.4 is 31.4 Å². The molecular formula is C24H32ClNO5. The summed E-state index contributed by atoms with van der Waals surface area (Å²) in [6.07, 6.45) is 2.77. The second kappa shape index (κ2) is 9.55. The van der Waals surface area contributed by atoms with Gasteiger partial charge in [-0.15, -0.1) is 0 Å². The van der Waals surface area contributed by atoms with Crippen LogP contribution in [-0.4, -0.2) is 64.3 Å². The molecule has 2 aliphatic rings. The van der Waals surface area contributed by atoms with Gasteiger partial charge in [0.2, 0.25) is 0 Å². The number of ether oxygens (including phenoxy) is 4. The summed E-state index contributed by atoms with van der Waals surface area (Å²) in [6, 6.07) is 8.72. The van der Waals surface area contributed by atoms with Gasteiger partial charge in [-0.05, 0) is 35.4 Å². The van der Waals surface area contributed by atoms with Gasteiger partial charge in [-0.2, -0.15) is 0 Å². The van der Waals surface area contributed by atoms with E-state index in [1.807, 2.05) is 0 Å². The van der Waals surface area contributed by atoms with E-state index in [1.165, 1.54) is 22.3 Å². The Hall–Kier alpha value is -2.15. The zero-order valence-electron chi connectivity index (χ0n) is 18.7. The van der Waals surface area contributed by atoms with Crippen molar-refractivity contribution in [2.75, 3.05) is 54.7 Å². The summed E-state index contributed by atoms with van der Waals surface area (Å²) >= 11 is 0.